The highest BCUT2D eigenvalue weighted by atomic mass is 16.5. The van der Waals surface area contributed by atoms with Gasteiger partial charge in [0.15, 0.2) is 11.4 Å². The lowest BCUT2D eigenvalue weighted by molar-refractivity contribution is 0.0932. The maximum Gasteiger partial charge on any atom is 0.275 e. The van der Waals surface area contributed by atoms with Crippen LogP contribution in [0.1, 0.15) is 24.3 Å². The highest BCUT2D eigenvalue weighted by molar-refractivity contribution is 5.94. The van der Waals surface area contributed by atoms with E-state index in [1.54, 1.807) is 24.3 Å². The van der Waals surface area contributed by atoms with Crippen LogP contribution in [0.5, 0.6) is 5.75 Å². The summed E-state index contributed by atoms with van der Waals surface area (Å²) >= 11 is 0. The second-order valence-electron chi connectivity index (χ2n) is 4.78. The molecule has 1 aromatic heterocycles. The number of rotatable bonds is 4. The fourth-order valence-electron chi connectivity index (χ4n) is 1.84. The first-order valence-corrected chi connectivity index (χ1v) is 6.57. The molecule has 0 fully saturated rings. The Bertz CT molecular complexity index is 693. The van der Waals surface area contributed by atoms with Crippen molar-refractivity contribution >= 4 is 5.91 Å². The molecule has 0 aliphatic heterocycles. The predicted octanol–water partition coefficient (Wildman–Crippen LogP) is 1.38. The van der Waals surface area contributed by atoms with Crippen molar-refractivity contribution in [3.05, 3.63) is 52.4 Å². The fraction of sp³-hybridized carbons (Fsp3) is 0.267. The zero-order chi connectivity index (χ0) is 15.4. The van der Waals surface area contributed by atoms with Crippen molar-refractivity contribution in [2.24, 2.45) is 0 Å². The maximum absolute atomic E-state index is 12.2. The third kappa shape index (κ3) is 3.28. The minimum absolute atomic E-state index is 0.0406. The third-order valence-electron chi connectivity index (χ3n) is 2.75. The van der Waals surface area contributed by atoms with Crippen LogP contribution in [0.15, 0.2) is 41.2 Å². The zero-order valence-electron chi connectivity index (χ0n) is 12.2. The van der Waals surface area contributed by atoms with Crippen LogP contribution in [-0.4, -0.2) is 28.8 Å². The van der Waals surface area contributed by atoms with E-state index in [9.17, 15) is 9.59 Å². The first kappa shape index (κ1) is 14.8. The zero-order valence-corrected chi connectivity index (χ0v) is 12.2. The molecule has 21 heavy (non-hydrogen) atoms. The molecule has 0 bridgehead atoms. The van der Waals surface area contributed by atoms with Gasteiger partial charge in [-0.05, 0) is 26.0 Å². The van der Waals surface area contributed by atoms with Gasteiger partial charge in [0.05, 0.1) is 18.9 Å². The van der Waals surface area contributed by atoms with Crippen molar-refractivity contribution in [2.45, 2.75) is 19.9 Å². The van der Waals surface area contributed by atoms with Gasteiger partial charge in [-0.15, -0.1) is 0 Å². The second-order valence-corrected chi connectivity index (χ2v) is 4.78. The number of hydrogen-bond donors (Lipinski definition) is 1. The number of para-hydroxylation sites is 1. The molecule has 6 heteroatoms. The minimum atomic E-state index is -0.383. The van der Waals surface area contributed by atoms with Gasteiger partial charge in [-0.25, -0.2) is 0 Å². The molecular formula is C15H17N3O3. The molecule has 1 aromatic carbocycles. The Hall–Kier alpha value is -2.63. The van der Waals surface area contributed by atoms with Gasteiger partial charge in [0.1, 0.15) is 0 Å². The lowest BCUT2D eigenvalue weighted by Crippen LogP contribution is -2.33. The number of aromatic nitrogens is 2. The van der Waals surface area contributed by atoms with Gasteiger partial charge < -0.3 is 10.1 Å². The number of nitrogens with one attached hydrogen (secondary N) is 1. The molecule has 0 spiro atoms. The smallest absolute Gasteiger partial charge is 0.275 e. The highest BCUT2D eigenvalue weighted by Crippen LogP contribution is 2.14. The van der Waals surface area contributed by atoms with Crippen LogP contribution >= 0.6 is 0 Å². The average molecular weight is 287 g/mol. The van der Waals surface area contributed by atoms with E-state index in [1.807, 2.05) is 19.9 Å². The van der Waals surface area contributed by atoms with Gasteiger partial charge in [-0.2, -0.15) is 9.78 Å². The van der Waals surface area contributed by atoms with Crippen molar-refractivity contribution in [2.75, 3.05) is 7.11 Å². The van der Waals surface area contributed by atoms with Crippen LogP contribution < -0.4 is 15.6 Å². The minimum Gasteiger partial charge on any atom is -0.494 e. The summed E-state index contributed by atoms with van der Waals surface area (Å²) in [6.45, 7) is 3.69. The average Bonchev–Trinajstić information content (AvgIpc) is 2.46. The Kier molecular flexibility index (Phi) is 4.37. The predicted molar refractivity (Wildman–Crippen MR) is 79.0 cm³/mol. The Balaban J connectivity index is 2.54. The van der Waals surface area contributed by atoms with E-state index in [1.165, 1.54) is 17.9 Å². The molecule has 1 heterocycles. The summed E-state index contributed by atoms with van der Waals surface area (Å²) in [6.07, 6.45) is 0. The first-order chi connectivity index (χ1) is 10.0. The molecule has 2 rings (SSSR count). The van der Waals surface area contributed by atoms with E-state index in [4.69, 9.17) is 4.74 Å². The van der Waals surface area contributed by atoms with Gasteiger partial charge in [0, 0.05) is 6.04 Å². The van der Waals surface area contributed by atoms with Crippen LogP contribution in [0.2, 0.25) is 0 Å². The van der Waals surface area contributed by atoms with Gasteiger partial charge in [0.2, 0.25) is 0 Å². The van der Waals surface area contributed by atoms with E-state index in [2.05, 4.69) is 10.4 Å². The summed E-state index contributed by atoms with van der Waals surface area (Å²) in [5.41, 5.74) is 0.303. The topological polar surface area (TPSA) is 73.2 Å². The molecule has 0 saturated heterocycles. The summed E-state index contributed by atoms with van der Waals surface area (Å²) in [5.74, 6) is -0.225. The largest absolute Gasteiger partial charge is 0.494 e. The van der Waals surface area contributed by atoms with E-state index < -0.39 is 0 Å². The lowest BCUT2D eigenvalue weighted by atomic mass is 10.3. The fourth-order valence-corrected chi connectivity index (χ4v) is 1.84. The maximum atomic E-state index is 12.2. The van der Waals surface area contributed by atoms with Crippen molar-refractivity contribution in [1.29, 1.82) is 0 Å². The molecule has 0 aliphatic carbocycles. The molecular weight excluding hydrogens is 270 g/mol. The lowest BCUT2D eigenvalue weighted by Gasteiger charge is -2.12. The van der Waals surface area contributed by atoms with E-state index in [0.29, 0.717) is 5.69 Å². The first-order valence-electron chi connectivity index (χ1n) is 6.57. The van der Waals surface area contributed by atoms with Crippen molar-refractivity contribution in [1.82, 2.24) is 15.1 Å². The summed E-state index contributed by atoms with van der Waals surface area (Å²) in [4.78, 5) is 24.2. The van der Waals surface area contributed by atoms with Crippen LogP contribution in [-0.2, 0) is 0 Å². The number of nitrogens with zero attached hydrogens (tertiary/aromatic N) is 2. The third-order valence-corrected chi connectivity index (χ3v) is 2.75. The Labute approximate surface area is 122 Å². The number of ether oxygens (including phenoxy) is 1. The van der Waals surface area contributed by atoms with Crippen LogP contribution in [0.25, 0.3) is 5.69 Å². The summed E-state index contributed by atoms with van der Waals surface area (Å²) in [5, 5.41) is 6.87. The molecule has 0 aliphatic rings. The molecule has 0 saturated carbocycles. The number of carbonyl (C=O) groups excluding carboxylic acids is 1. The Morgan fingerprint density at radius 3 is 2.52 bits per heavy atom. The SMILES string of the molecule is COc1cc(=O)n(-c2ccccc2)nc1C(=O)NC(C)C. The normalized spacial score (nSPS) is 10.5. The van der Waals surface area contributed by atoms with E-state index in [-0.39, 0.29) is 29.0 Å². The van der Waals surface area contributed by atoms with Gasteiger partial charge in [-0.3, -0.25) is 9.59 Å². The summed E-state index contributed by atoms with van der Waals surface area (Å²) < 4.78 is 6.26. The summed E-state index contributed by atoms with van der Waals surface area (Å²) in [6, 6.07) is 10.1. The molecule has 110 valence electrons. The van der Waals surface area contributed by atoms with Crippen molar-refractivity contribution in [3.8, 4) is 11.4 Å². The van der Waals surface area contributed by atoms with Gasteiger partial charge in [-0.1, -0.05) is 18.2 Å². The van der Waals surface area contributed by atoms with Gasteiger partial charge in [0.25, 0.3) is 11.5 Å². The Morgan fingerprint density at radius 1 is 1.29 bits per heavy atom. The second kappa shape index (κ2) is 6.21. The van der Waals surface area contributed by atoms with Crippen LogP contribution in [0.3, 0.4) is 0 Å². The summed E-state index contributed by atoms with van der Waals surface area (Å²) in [7, 11) is 1.40. The van der Waals surface area contributed by atoms with E-state index in [0.717, 1.165) is 0 Å². The number of hydrogen-bond acceptors (Lipinski definition) is 4. The molecule has 1 N–H and O–H groups in total. The molecule has 0 radical (unpaired) electrons. The molecule has 0 atom stereocenters. The molecule has 6 nitrogen and oxygen atoms in total. The van der Waals surface area contributed by atoms with Crippen molar-refractivity contribution < 1.29 is 9.53 Å². The number of methoxy groups -OCH3 is 1. The molecule has 2 aromatic rings. The number of amides is 1. The van der Waals surface area contributed by atoms with Crippen LogP contribution in [0.4, 0.5) is 0 Å². The molecule has 0 unspecified atom stereocenters. The number of benzene rings is 1. The monoisotopic (exact) mass is 287 g/mol. The highest BCUT2D eigenvalue weighted by Gasteiger charge is 2.18. The molecule has 1 amide bonds. The quantitative estimate of drug-likeness (QED) is 0.922. The van der Waals surface area contributed by atoms with Gasteiger partial charge >= 0.3 is 0 Å². The van der Waals surface area contributed by atoms with Crippen molar-refractivity contribution in [3.63, 3.8) is 0 Å². The Morgan fingerprint density at radius 2 is 1.95 bits per heavy atom. The van der Waals surface area contributed by atoms with E-state index >= 15 is 0 Å². The van der Waals surface area contributed by atoms with Crippen LogP contribution in [0, 0.1) is 0 Å². The standard InChI is InChI=1S/C15H17N3O3/c1-10(2)16-15(20)14-12(21-3)9-13(19)18(17-14)11-7-5-4-6-8-11/h4-10H,1-3H3,(H,16,20). The number of carbonyl (C=O) groups is 1.